The zero-order valence-electron chi connectivity index (χ0n) is 13.4. The van der Waals surface area contributed by atoms with Crippen LogP contribution in [0.5, 0.6) is 0 Å². The van der Waals surface area contributed by atoms with E-state index in [-0.39, 0.29) is 17.6 Å². The molecule has 0 aliphatic carbocycles. The molecule has 24 heavy (non-hydrogen) atoms. The van der Waals surface area contributed by atoms with Gasteiger partial charge in [-0.15, -0.1) is 0 Å². The first-order valence-corrected chi connectivity index (χ1v) is 7.95. The fourth-order valence-electron chi connectivity index (χ4n) is 2.75. The SMILES string of the molecule is Cc1ccc(F)c(-c2cc(NC(=O)[C@@H]3CCCCC(=O)N3)n[nH]2)c1. The van der Waals surface area contributed by atoms with E-state index in [0.717, 1.165) is 18.4 Å². The Morgan fingerprint density at radius 3 is 3.00 bits per heavy atom. The van der Waals surface area contributed by atoms with Gasteiger partial charge >= 0.3 is 0 Å². The monoisotopic (exact) mass is 330 g/mol. The van der Waals surface area contributed by atoms with E-state index >= 15 is 0 Å². The Morgan fingerprint density at radius 2 is 2.17 bits per heavy atom. The molecule has 1 aromatic carbocycles. The van der Waals surface area contributed by atoms with E-state index in [1.165, 1.54) is 6.07 Å². The molecule has 0 bridgehead atoms. The smallest absolute Gasteiger partial charge is 0.248 e. The fourth-order valence-corrected chi connectivity index (χ4v) is 2.75. The number of carbonyl (C=O) groups excluding carboxylic acids is 2. The minimum atomic E-state index is -0.559. The van der Waals surface area contributed by atoms with Crippen LogP contribution in [0.2, 0.25) is 0 Å². The first-order valence-electron chi connectivity index (χ1n) is 7.95. The van der Waals surface area contributed by atoms with Gasteiger partial charge in [0.25, 0.3) is 0 Å². The molecule has 6 nitrogen and oxygen atoms in total. The van der Waals surface area contributed by atoms with Crippen LogP contribution in [-0.2, 0) is 9.59 Å². The molecule has 0 spiro atoms. The molecule has 2 amide bonds. The summed E-state index contributed by atoms with van der Waals surface area (Å²) in [4.78, 5) is 23.8. The predicted octanol–water partition coefficient (Wildman–Crippen LogP) is 2.52. The zero-order chi connectivity index (χ0) is 17.1. The van der Waals surface area contributed by atoms with Gasteiger partial charge in [-0.05, 0) is 31.9 Å². The van der Waals surface area contributed by atoms with E-state index in [2.05, 4.69) is 20.8 Å². The highest BCUT2D eigenvalue weighted by Crippen LogP contribution is 2.24. The van der Waals surface area contributed by atoms with E-state index in [4.69, 9.17) is 0 Å². The van der Waals surface area contributed by atoms with Gasteiger partial charge in [-0.3, -0.25) is 14.7 Å². The number of nitrogens with zero attached hydrogens (tertiary/aromatic N) is 1. The summed E-state index contributed by atoms with van der Waals surface area (Å²) in [5.74, 6) is -0.488. The molecule has 1 aliphatic rings. The van der Waals surface area contributed by atoms with Crippen molar-refractivity contribution in [3.63, 3.8) is 0 Å². The quantitative estimate of drug-likeness (QED) is 0.808. The van der Waals surface area contributed by atoms with Gasteiger partial charge in [-0.1, -0.05) is 18.1 Å². The van der Waals surface area contributed by atoms with Crippen molar-refractivity contribution < 1.29 is 14.0 Å². The van der Waals surface area contributed by atoms with E-state index in [0.29, 0.717) is 29.9 Å². The van der Waals surface area contributed by atoms with Crippen LogP contribution >= 0.6 is 0 Å². The average Bonchev–Trinajstić information content (AvgIpc) is 2.89. The molecule has 3 rings (SSSR count). The van der Waals surface area contributed by atoms with Crippen molar-refractivity contribution in [2.45, 2.75) is 38.6 Å². The highest BCUT2D eigenvalue weighted by Gasteiger charge is 2.23. The molecule has 2 aromatic rings. The number of hydrogen-bond donors (Lipinski definition) is 3. The summed E-state index contributed by atoms with van der Waals surface area (Å²) in [5, 5.41) is 12.1. The van der Waals surface area contributed by atoms with Gasteiger partial charge in [0.2, 0.25) is 11.8 Å². The Balaban J connectivity index is 1.72. The number of aromatic amines is 1. The number of H-pyrrole nitrogens is 1. The zero-order valence-corrected chi connectivity index (χ0v) is 13.4. The van der Waals surface area contributed by atoms with Crippen molar-refractivity contribution in [3.05, 3.63) is 35.6 Å². The molecule has 1 aliphatic heterocycles. The number of benzene rings is 1. The standard InChI is InChI=1S/C17H19FN4O2/c1-10-6-7-12(18)11(8-10)14-9-15(22-21-14)20-17(24)13-4-2-3-5-16(23)19-13/h6-9,13H,2-5H2,1H3,(H,19,23)(H2,20,21,22,24)/t13-/m0/s1. The van der Waals surface area contributed by atoms with Crippen LogP contribution in [0.25, 0.3) is 11.3 Å². The van der Waals surface area contributed by atoms with Crippen LogP contribution in [-0.4, -0.2) is 28.1 Å². The highest BCUT2D eigenvalue weighted by atomic mass is 19.1. The lowest BCUT2D eigenvalue weighted by Gasteiger charge is -2.14. The molecule has 3 N–H and O–H groups in total. The van der Waals surface area contributed by atoms with Crippen LogP contribution in [0.15, 0.2) is 24.3 Å². The van der Waals surface area contributed by atoms with Gasteiger partial charge in [-0.2, -0.15) is 5.10 Å². The van der Waals surface area contributed by atoms with Crippen molar-refractivity contribution in [1.29, 1.82) is 0 Å². The van der Waals surface area contributed by atoms with Crippen molar-refractivity contribution in [2.75, 3.05) is 5.32 Å². The molecule has 0 radical (unpaired) electrons. The first kappa shape index (κ1) is 16.2. The lowest BCUT2D eigenvalue weighted by Crippen LogP contribution is -2.42. The third kappa shape index (κ3) is 3.61. The molecule has 2 heterocycles. The van der Waals surface area contributed by atoms with Crippen LogP contribution in [0.1, 0.15) is 31.2 Å². The summed E-state index contributed by atoms with van der Waals surface area (Å²) in [6.07, 6.45) is 2.65. The molecule has 0 saturated carbocycles. The topological polar surface area (TPSA) is 86.9 Å². The normalized spacial score (nSPS) is 17.9. The van der Waals surface area contributed by atoms with Gasteiger partial charge in [0, 0.05) is 18.1 Å². The molecule has 1 fully saturated rings. The number of carbonyl (C=O) groups is 2. The summed E-state index contributed by atoms with van der Waals surface area (Å²) >= 11 is 0. The van der Waals surface area contributed by atoms with Crippen molar-refractivity contribution in [3.8, 4) is 11.3 Å². The Morgan fingerprint density at radius 1 is 1.33 bits per heavy atom. The summed E-state index contributed by atoms with van der Waals surface area (Å²) in [5.41, 5.74) is 1.80. The Hall–Kier alpha value is -2.70. The van der Waals surface area contributed by atoms with Gasteiger partial charge in [0.1, 0.15) is 11.9 Å². The third-order valence-electron chi connectivity index (χ3n) is 4.04. The highest BCUT2D eigenvalue weighted by molar-refractivity contribution is 5.97. The van der Waals surface area contributed by atoms with Crippen molar-refractivity contribution in [2.24, 2.45) is 0 Å². The number of aromatic nitrogens is 2. The maximum Gasteiger partial charge on any atom is 0.248 e. The van der Waals surface area contributed by atoms with Crippen LogP contribution < -0.4 is 10.6 Å². The van der Waals surface area contributed by atoms with Gasteiger partial charge in [0.05, 0.1) is 5.69 Å². The maximum absolute atomic E-state index is 13.9. The predicted molar refractivity (Wildman–Crippen MR) is 87.7 cm³/mol. The molecule has 1 aromatic heterocycles. The van der Waals surface area contributed by atoms with Gasteiger partial charge in [0.15, 0.2) is 5.82 Å². The lowest BCUT2D eigenvalue weighted by atomic mass is 10.1. The molecule has 1 saturated heterocycles. The molecule has 7 heteroatoms. The second kappa shape index (κ2) is 6.82. The first-order chi connectivity index (χ1) is 11.5. The molecule has 1 atom stereocenters. The van der Waals surface area contributed by atoms with Crippen molar-refractivity contribution >= 4 is 17.6 Å². The van der Waals surface area contributed by atoms with Gasteiger partial charge in [-0.25, -0.2) is 4.39 Å². The second-order valence-electron chi connectivity index (χ2n) is 6.01. The van der Waals surface area contributed by atoms with E-state index in [1.54, 1.807) is 18.2 Å². The number of aryl methyl sites for hydroxylation is 1. The number of nitrogens with one attached hydrogen (secondary N) is 3. The maximum atomic E-state index is 13.9. The number of anilines is 1. The summed E-state index contributed by atoms with van der Waals surface area (Å²) in [7, 11) is 0. The van der Waals surface area contributed by atoms with E-state index in [9.17, 15) is 14.0 Å². The Kier molecular flexibility index (Phi) is 4.59. The minimum absolute atomic E-state index is 0.114. The summed E-state index contributed by atoms with van der Waals surface area (Å²) in [6.45, 7) is 1.87. The van der Waals surface area contributed by atoms with E-state index in [1.807, 2.05) is 6.92 Å². The number of amides is 2. The second-order valence-corrected chi connectivity index (χ2v) is 6.01. The van der Waals surface area contributed by atoms with Crippen LogP contribution in [0, 0.1) is 12.7 Å². The molecular formula is C17H19FN4O2. The molecule has 126 valence electrons. The van der Waals surface area contributed by atoms with Crippen molar-refractivity contribution in [1.82, 2.24) is 15.5 Å². The third-order valence-corrected chi connectivity index (χ3v) is 4.04. The Labute approximate surface area is 138 Å². The number of rotatable bonds is 3. The Bertz CT molecular complexity index is 772. The molecule has 0 unspecified atom stereocenters. The fraction of sp³-hybridized carbons (Fsp3) is 0.353. The minimum Gasteiger partial charge on any atom is -0.344 e. The average molecular weight is 330 g/mol. The largest absolute Gasteiger partial charge is 0.344 e. The van der Waals surface area contributed by atoms with Crippen LogP contribution in [0.3, 0.4) is 0 Å². The van der Waals surface area contributed by atoms with Gasteiger partial charge < -0.3 is 10.6 Å². The van der Waals surface area contributed by atoms with Crippen LogP contribution in [0.4, 0.5) is 10.2 Å². The summed E-state index contributed by atoms with van der Waals surface area (Å²) in [6, 6.07) is 5.81. The molecular weight excluding hydrogens is 311 g/mol. The number of hydrogen-bond acceptors (Lipinski definition) is 3. The summed E-state index contributed by atoms with van der Waals surface area (Å²) < 4.78 is 13.9. The number of halogens is 1. The lowest BCUT2D eigenvalue weighted by molar-refractivity contribution is -0.126. The van der Waals surface area contributed by atoms with E-state index < -0.39 is 6.04 Å².